The lowest BCUT2D eigenvalue weighted by Crippen LogP contribution is -2.10. The van der Waals surface area contributed by atoms with Crippen molar-refractivity contribution in [1.29, 1.82) is 0 Å². The molecule has 29 heteroatoms. The molecule has 0 bridgehead atoms. The molecule has 0 amide bonds. The number of nitro groups is 6. The van der Waals surface area contributed by atoms with Gasteiger partial charge < -0.3 is 4.42 Å². The summed E-state index contributed by atoms with van der Waals surface area (Å²) in [6.45, 7) is 0. The third-order valence-corrected chi connectivity index (χ3v) is 4.76. The van der Waals surface area contributed by atoms with E-state index in [-0.39, 0.29) is 12.1 Å². The van der Waals surface area contributed by atoms with Crippen molar-refractivity contribution in [3.8, 4) is 34.4 Å². The quantitative estimate of drug-likeness (QED) is 0.208. The SMILES string of the molecule is O=[N+]([O-])Oc1c([N+](=O)[O-])cc([N+](=O)[O-])c(-c2nnc(-c3c([N+](=O)[O-])cc([N+](=O)[O-])c(O[N+](=O)[O-])c3[N+](=O)[O-])o2)c1[N+](=O)[O-]. The van der Waals surface area contributed by atoms with E-state index >= 15 is 0 Å². The van der Waals surface area contributed by atoms with Gasteiger partial charge >= 0.3 is 22.7 Å². The number of nitrogens with zero attached hydrogens (tertiary/aromatic N) is 10. The number of hydrogen-bond donors (Lipinski definition) is 0. The number of rotatable bonds is 12. The van der Waals surface area contributed by atoms with Crippen LogP contribution in [0.5, 0.6) is 11.5 Å². The molecule has 0 saturated heterocycles. The Morgan fingerprint density at radius 2 is 0.791 bits per heavy atom. The van der Waals surface area contributed by atoms with Crippen LogP contribution in [-0.2, 0) is 0 Å². The van der Waals surface area contributed by atoms with E-state index in [1.54, 1.807) is 0 Å². The Morgan fingerprint density at radius 3 is 1.02 bits per heavy atom. The van der Waals surface area contributed by atoms with E-state index in [9.17, 15) is 80.9 Å². The Morgan fingerprint density at radius 1 is 0.488 bits per heavy atom. The first kappa shape index (κ1) is 29.9. The smallest absolute Gasteiger partial charge is 0.326 e. The molecule has 0 atom stereocenters. The summed E-state index contributed by atoms with van der Waals surface area (Å²) in [6, 6.07) is -0.129. The summed E-state index contributed by atoms with van der Waals surface area (Å²) in [5, 5.41) is 94.1. The van der Waals surface area contributed by atoms with Crippen molar-refractivity contribution in [3.05, 3.63) is 93.0 Å². The molecule has 43 heavy (non-hydrogen) atoms. The van der Waals surface area contributed by atoms with Crippen LogP contribution in [0.1, 0.15) is 0 Å². The zero-order valence-corrected chi connectivity index (χ0v) is 19.4. The van der Waals surface area contributed by atoms with E-state index in [2.05, 4.69) is 19.9 Å². The molecule has 0 radical (unpaired) electrons. The number of nitro benzene ring substituents is 6. The van der Waals surface area contributed by atoms with Gasteiger partial charge in [0.2, 0.25) is 0 Å². The van der Waals surface area contributed by atoms with Crippen molar-refractivity contribution in [1.82, 2.24) is 10.2 Å². The molecule has 3 aromatic rings. The van der Waals surface area contributed by atoms with Gasteiger partial charge in [0.15, 0.2) is 11.1 Å². The normalized spacial score (nSPS) is 10.4. The zero-order chi connectivity index (χ0) is 32.5. The topological polar surface area (TPSA) is 402 Å². The second-order valence-electron chi connectivity index (χ2n) is 7.02. The Bertz CT molecular complexity index is 1690. The Kier molecular flexibility index (Phi) is 7.56. The standard InChI is InChI=1S/C14H2N10O19/c25-17(26)3-1-5(19(29)30)11(42-23(37)38)9(21(33)34)7(3)13-15-16-14(41-13)8-4(18(27)28)2-6(20(31)32)12(43-24(39)40)10(8)22(35)36/h1-2H. The predicted molar refractivity (Wildman–Crippen MR) is 120 cm³/mol. The zero-order valence-electron chi connectivity index (χ0n) is 19.4. The van der Waals surface area contributed by atoms with Crippen molar-refractivity contribution in [2.45, 2.75) is 0 Å². The summed E-state index contributed by atoms with van der Waals surface area (Å²) < 4.78 is 4.91. The van der Waals surface area contributed by atoms with E-state index in [1.807, 2.05) is 0 Å². The molecule has 0 unspecified atom stereocenters. The molecule has 0 N–H and O–H groups in total. The van der Waals surface area contributed by atoms with Crippen molar-refractivity contribution in [2.75, 3.05) is 0 Å². The highest BCUT2D eigenvalue weighted by Gasteiger charge is 2.45. The molecular formula is C14H2N10O19. The summed E-state index contributed by atoms with van der Waals surface area (Å²) in [5.41, 5.74) is -13.5. The van der Waals surface area contributed by atoms with Gasteiger partial charge in [0, 0.05) is 0 Å². The first-order valence-electron chi connectivity index (χ1n) is 9.75. The van der Waals surface area contributed by atoms with Crippen LogP contribution in [0.2, 0.25) is 0 Å². The molecule has 1 heterocycles. The van der Waals surface area contributed by atoms with Gasteiger partial charge in [0.1, 0.15) is 0 Å². The largest absolute Gasteiger partial charge is 0.415 e. The average molecular weight is 614 g/mol. The molecule has 29 nitrogen and oxygen atoms in total. The molecule has 1 aromatic heterocycles. The molecule has 0 aliphatic carbocycles. The molecule has 222 valence electrons. The second-order valence-corrected chi connectivity index (χ2v) is 7.02. The van der Waals surface area contributed by atoms with Gasteiger partial charge in [-0.25, -0.2) is 0 Å². The molecule has 0 fully saturated rings. The highest BCUT2D eigenvalue weighted by atomic mass is 17.0. The third-order valence-electron chi connectivity index (χ3n) is 4.76. The fourth-order valence-electron chi connectivity index (χ4n) is 3.33. The van der Waals surface area contributed by atoms with Crippen LogP contribution in [0.3, 0.4) is 0 Å². The maximum atomic E-state index is 11.8. The van der Waals surface area contributed by atoms with Crippen LogP contribution >= 0.6 is 0 Å². The van der Waals surface area contributed by atoms with Crippen LogP contribution in [0.15, 0.2) is 16.5 Å². The van der Waals surface area contributed by atoms with E-state index in [4.69, 9.17) is 4.42 Å². The lowest BCUT2D eigenvalue weighted by Gasteiger charge is -2.07. The minimum atomic E-state index is -1.90. The second kappa shape index (κ2) is 10.9. The molecule has 2 aromatic carbocycles. The van der Waals surface area contributed by atoms with E-state index < -0.39 is 108 Å². The summed E-state index contributed by atoms with van der Waals surface area (Å²) in [7, 11) is 0. The summed E-state index contributed by atoms with van der Waals surface area (Å²) in [5.74, 6) is -6.60. The van der Waals surface area contributed by atoms with Crippen molar-refractivity contribution >= 4 is 34.1 Å². The fraction of sp³-hybridized carbons (Fsp3) is 0. The predicted octanol–water partition coefficient (Wildman–Crippen LogP) is 1.99. The van der Waals surface area contributed by atoms with Crippen LogP contribution in [0, 0.1) is 80.9 Å². The van der Waals surface area contributed by atoms with Crippen LogP contribution in [0.25, 0.3) is 22.9 Å². The number of hydrogen-bond acceptors (Lipinski definition) is 21. The minimum absolute atomic E-state index is 0.0646. The minimum Gasteiger partial charge on any atom is -0.415 e. The summed E-state index contributed by atoms with van der Waals surface area (Å²) in [4.78, 5) is 89.7. The first-order chi connectivity index (χ1) is 20.0. The molecular weight excluding hydrogens is 612 g/mol. The molecule has 0 spiro atoms. The number of benzene rings is 2. The maximum absolute atomic E-state index is 11.8. The van der Waals surface area contributed by atoms with Crippen LogP contribution in [-0.4, -0.2) is 49.9 Å². The van der Waals surface area contributed by atoms with Crippen molar-refractivity contribution in [2.24, 2.45) is 0 Å². The fourth-order valence-corrected chi connectivity index (χ4v) is 3.33. The van der Waals surface area contributed by atoms with Crippen molar-refractivity contribution < 1.29 is 53.8 Å². The van der Waals surface area contributed by atoms with Crippen LogP contribution in [0.4, 0.5) is 34.1 Å². The Labute approximate surface area is 226 Å². The summed E-state index contributed by atoms with van der Waals surface area (Å²) in [6.07, 6.45) is 0. The molecule has 0 aliphatic heterocycles. The van der Waals surface area contributed by atoms with Crippen LogP contribution < -0.4 is 9.68 Å². The van der Waals surface area contributed by atoms with E-state index in [0.717, 1.165) is 0 Å². The molecule has 0 saturated carbocycles. The van der Waals surface area contributed by atoms with E-state index in [0.29, 0.717) is 0 Å². The average Bonchev–Trinajstić information content (AvgIpc) is 3.35. The maximum Gasteiger partial charge on any atom is 0.326 e. The third kappa shape index (κ3) is 5.44. The molecule has 0 aliphatic rings. The highest BCUT2D eigenvalue weighted by molar-refractivity contribution is 5.88. The number of aromatic nitrogens is 2. The lowest BCUT2D eigenvalue weighted by molar-refractivity contribution is -0.712. The van der Waals surface area contributed by atoms with Gasteiger partial charge in [-0.2, -0.15) is 0 Å². The first-order valence-corrected chi connectivity index (χ1v) is 9.75. The van der Waals surface area contributed by atoms with Gasteiger partial charge in [0.05, 0.1) is 41.7 Å². The van der Waals surface area contributed by atoms with Gasteiger partial charge in [-0.15, -0.1) is 30.4 Å². The van der Waals surface area contributed by atoms with E-state index in [1.165, 1.54) is 0 Å². The monoisotopic (exact) mass is 614 g/mol. The van der Waals surface area contributed by atoms with Gasteiger partial charge in [-0.3, -0.25) is 70.4 Å². The van der Waals surface area contributed by atoms with Gasteiger partial charge in [-0.05, 0) is 0 Å². The van der Waals surface area contributed by atoms with Gasteiger partial charge in [0.25, 0.3) is 44.8 Å². The molecule has 3 rings (SSSR count). The lowest BCUT2D eigenvalue weighted by atomic mass is 10.1. The summed E-state index contributed by atoms with van der Waals surface area (Å²) >= 11 is 0. The Balaban J connectivity index is 2.54. The van der Waals surface area contributed by atoms with Crippen molar-refractivity contribution in [3.63, 3.8) is 0 Å². The highest BCUT2D eigenvalue weighted by Crippen LogP contribution is 2.52. The van der Waals surface area contributed by atoms with Gasteiger partial charge in [-0.1, -0.05) is 0 Å². The Hall–Kier alpha value is -7.62.